The molecule has 0 radical (unpaired) electrons. The van der Waals surface area contributed by atoms with Gasteiger partial charge in [-0.3, -0.25) is 4.98 Å². The van der Waals surface area contributed by atoms with Gasteiger partial charge in [-0.15, -0.1) is 0 Å². The van der Waals surface area contributed by atoms with Crippen molar-refractivity contribution in [2.45, 2.75) is 0 Å². The maximum atomic E-state index is 5.68. The molecule has 1 heterocycles. The highest BCUT2D eigenvalue weighted by atomic mass is 79.9. The monoisotopic (exact) mass is 371 g/mol. The Hall–Kier alpha value is -1.27. The topological polar surface area (TPSA) is 60.2 Å². The fourth-order valence-corrected chi connectivity index (χ4v) is 2.72. The lowest BCUT2D eigenvalue weighted by Gasteiger charge is -2.12. The number of nitrogen functional groups attached to an aromatic ring is 1. The van der Waals surface area contributed by atoms with Crippen LogP contribution in [0.5, 0.6) is 5.75 Å². The van der Waals surface area contributed by atoms with Crippen molar-refractivity contribution in [2.75, 3.05) is 18.2 Å². The first-order chi connectivity index (χ1) is 8.60. The molecule has 18 heavy (non-hydrogen) atoms. The number of anilines is 3. The molecule has 0 saturated heterocycles. The molecule has 0 aliphatic heterocycles. The second kappa shape index (κ2) is 5.58. The zero-order valence-electron chi connectivity index (χ0n) is 9.58. The number of rotatable bonds is 3. The number of hydrogen-bond acceptors (Lipinski definition) is 4. The summed E-state index contributed by atoms with van der Waals surface area (Å²) in [4.78, 5) is 4.03. The van der Waals surface area contributed by atoms with Gasteiger partial charge in [0, 0.05) is 16.7 Å². The number of pyridine rings is 1. The number of methoxy groups -OCH3 is 1. The van der Waals surface area contributed by atoms with Gasteiger partial charge in [0.05, 0.1) is 34.8 Å². The molecule has 0 amide bonds. The van der Waals surface area contributed by atoms with Crippen LogP contribution in [0.2, 0.25) is 0 Å². The van der Waals surface area contributed by atoms with Gasteiger partial charge in [-0.05, 0) is 44.0 Å². The third-order valence-electron chi connectivity index (χ3n) is 2.28. The van der Waals surface area contributed by atoms with Crippen molar-refractivity contribution in [3.8, 4) is 5.75 Å². The fourth-order valence-electron chi connectivity index (χ4n) is 1.46. The van der Waals surface area contributed by atoms with Crippen LogP contribution in [0, 0.1) is 0 Å². The molecule has 0 bridgehead atoms. The summed E-state index contributed by atoms with van der Waals surface area (Å²) in [7, 11) is 1.62. The molecule has 0 saturated carbocycles. The van der Waals surface area contributed by atoms with Crippen LogP contribution in [0.3, 0.4) is 0 Å². The van der Waals surface area contributed by atoms with E-state index < -0.39 is 0 Å². The van der Waals surface area contributed by atoms with Gasteiger partial charge < -0.3 is 15.8 Å². The molecular formula is C12H11Br2N3O. The lowest BCUT2D eigenvalue weighted by molar-refractivity contribution is 0.412. The molecule has 0 unspecified atom stereocenters. The van der Waals surface area contributed by atoms with E-state index in [9.17, 15) is 0 Å². The SMILES string of the molecule is COc1cc(Nc2cncc(N)c2)c(Br)cc1Br. The Kier molecular flexibility index (Phi) is 4.08. The molecule has 6 heteroatoms. The molecule has 0 atom stereocenters. The molecule has 94 valence electrons. The van der Waals surface area contributed by atoms with Gasteiger partial charge in [-0.1, -0.05) is 0 Å². The molecule has 0 aliphatic rings. The summed E-state index contributed by atoms with van der Waals surface area (Å²) >= 11 is 6.91. The Bertz CT molecular complexity index is 575. The molecule has 2 aromatic rings. The van der Waals surface area contributed by atoms with Crippen molar-refractivity contribution < 1.29 is 4.74 Å². The molecule has 4 nitrogen and oxygen atoms in total. The number of ether oxygens (including phenoxy) is 1. The first kappa shape index (κ1) is 13.2. The first-order valence-corrected chi connectivity index (χ1v) is 6.69. The maximum absolute atomic E-state index is 5.68. The van der Waals surface area contributed by atoms with Gasteiger partial charge in [0.1, 0.15) is 5.75 Å². The second-order valence-electron chi connectivity index (χ2n) is 3.60. The van der Waals surface area contributed by atoms with Gasteiger partial charge in [-0.25, -0.2) is 0 Å². The third kappa shape index (κ3) is 2.94. The van der Waals surface area contributed by atoms with Crippen molar-refractivity contribution in [2.24, 2.45) is 0 Å². The fraction of sp³-hybridized carbons (Fsp3) is 0.0833. The van der Waals surface area contributed by atoms with E-state index in [1.807, 2.05) is 18.2 Å². The summed E-state index contributed by atoms with van der Waals surface area (Å²) in [5, 5.41) is 3.22. The Morgan fingerprint density at radius 2 is 1.94 bits per heavy atom. The average molecular weight is 373 g/mol. The number of nitrogens with two attached hydrogens (primary N) is 1. The van der Waals surface area contributed by atoms with Crippen LogP contribution in [0.4, 0.5) is 17.1 Å². The second-order valence-corrected chi connectivity index (χ2v) is 5.31. The lowest BCUT2D eigenvalue weighted by atomic mass is 10.3. The minimum absolute atomic E-state index is 0.611. The van der Waals surface area contributed by atoms with E-state index >= 15 is 0 Å². The van der Waals surface area contributed by atoms with Crippen LogP contribution in [-0.4, -0.2) is 12.1 Å². The van der Waals surface area contributed by atoms with E-state index in [2.05, 4.69) is 42.2 Å². The number of nitrogens with one attached hydrogen (secondary N) is 1. The highest BCUT2D eigenvalue weighted by Crippen LogP contribution is 2.35. The van der Waals surface area contributed by atoms with Gasteiger partial charge in [-0.2, -0.15) is 0 Å². The molecule has 0 aliphatic carbocycles. The van der Waals surface area contributed by atoms with Gasteiger partial charge in [0.2, 0.25) is 0 Å². The van der Waals surface area contributed by atoms with Crippen molar-refractivity contribution in [3.63, 3.8) is 0 Å². The summed E-state index contributed by atoms with van der Waals surface area (Å²) in [5.74, 6) is 0.748. The van der Waals surface area contributed by atoms with Gasteiger partial charge in [0.15, 0.2) is 0 Å². The minimum atomic E-state index is 0.611. The zero-order chi connectivity index (χ0) is 13.1. The smallest absolute Gasteiger partial charge is 0.135 e. The Morgan fingerprint density at radius 3 is 2.61 bits per heavy atom. The summed E-state index contributed by atoms with van der Waals surface area (Å²) in [6.45, 7) is 0. The largest absolute Gasteiger partial charge is 0.495 e. The lowest BCUT2D eigenvalue weighted by Crippen LogP contribution is -1.95. The minimum Gasteiger partial charge on any atom is -0.495 e. The van der Waals surface area contributed by atoms with Crippen molar-refractivity contribution in [1.82, 2.24) is 4.98 Å². The Labute approximate surface area is 122 Å². The van der Waals surface area contributed by atoms with E-state index in [1.165, 1.54) is 0 Å². The Balaban J connectivity index is 2.34. The molecule has 2 rings (SSSR count). The first-order valence-electron chi connectivity index (χ1n) is 5.10. The standard InChI is InChI=1S/C12H11Br2N3O/c1-18-12-4-11(9(13)3-10(12)14)17-8-2-7(15)5-16-6-8/h2-6,17H,15H2,1H3. The summed E-state index contributed by atoms with van der Waals surface area (Å²) in [6.07, 6.45) is 3.31. The van der Waals surface area contributed by atoms with Crippen molar-refractivity contribution in [1.29, 1.82) is 0 Å². The summed E-state index contributed by atoms with van der Waals surface area (Å²) in [6, 6.07) is 5.62. The van der Waals surface area contributed by atoms with E-state index in [0.29, 0.717) is 5.69 Å². The summed E-state index contributed by atoms with van der Waals surface area (Å²) < 4.78 is 7.05. The molecule has 0 spiro atoms. The number of benzene rings is 1. The normalized spacial score (nSPS) is 10.2. The van der Waals surface area contributed by atoms with Gasteiger partial charge >= 0.3 is 0 Å². The maximum Gasteiger partial charge on any atom is 0.135 e. The van der Waals surface area contributed by atoms with Crippen LogP contribution in [0.1, 0.15) is 0 Å². The third-order valence-corrected chi connectivity index (χ3v) is 3.56. The van der Waals surface area contributed by atoms with Crippen LogP contribution in [-0.2, 0) is 0 Å². The number of halogens is 2. The predicted octanol–water partition coefficient (Wildman–Crippen LogP) is 3.94. The molecule has 0 fully saturated rings. The molecule has 1 aromatic carbocycles. The number of hydrogen-bond donors (Lipinski definition) is 2. The average Bonchev–Trinajstić information content (AvgIpc) is 2.33. The number of aromatic nitrogens is 1. The highest BCUT2D eigenvalue weighted by Gasteiger charge is 2.07. The van der Waals surface area contributed by atoms with Crippen molar-refractivity contribution in [3.05, 3.63) is 39.5 Å². The van der Waals surface area contributed by atoms with Crippen LogP contribution in [0.25, 0.3) is 0 Å². The van der Waals surface area contributed by atoms with Crippen molar-refractivity contribution >= 4 is 48.9 Å². The van der Waals surface area contributed by atoms with Crippen LogP contribution in [0.15, 0.2) is 39.5 Å². The molecule has 3 N–H and O–H groups in total. The Morgan fingerprint density at radius 1 is 1.17 bits per heavy atom. The summed E-state index contributed by atoms with van der Waals surface area (Å²) in [5.41, 5.74) is 7.99. The zero-order valence-corrected chi connectivity index (χ0v) is 12.7. The molecule has 1 aromatic heterocycles. The molecular weight excluding hydrogens is 362 g/mol. The van der Waals surface area contributed by atoms with E-state index in [-0.39, 0.29) is 0 Å². The predicted molar refractivity (Wildman–Crippen MR) is 80.3 cm³/mol. The highest BCUT2D eigenvalue weighted by molar-refractivity contribution is 9.11. The van der Waals surface area contributed by atoms with Gasteiger partial charge in [0.25, 0.3) is 0 Å². The van der Waals surface area contributed by atoms with E-state index in [4.69, 9.17) is 10.5 Å². The number of nitrogens with zero attached hydrogens (tertiary/aromatic N) is 1. The van der Waals surface area contributed by atoms with Crippen LogP contribution >= 0.6 is 31.9 Å². The van der Waals surface area contributed by atoms with E-state index in [1.54, 1.807) is 19.5 Å². The van der Waals surface area contributed by atoms with E-state index in [0.717, 1.165) is 26.1 Å². The van der Waals surface area contributed by atoms with Crippen LogP contribution < -0.4 is 15.8 Å². The quantitative estimate of drug-likeness (QED) is 0.856.